The van der Waals surface area contributed by atoms with Crippen molar-refractivity contribution >= 4 is 5.91 Å². The maximum absolute atomic E-state index is 12.8. The van der Waals surface area contributed by atoms with E-state index in [1.165, 1.54) is 12.8 Å². The van der Waals surface area contributed by atoms with Gasteiger partial charge in [-0.05, 0) is 37.5 Å². The minimum atomic E-state index is 0.175. The van der Waals surface area contributed by atoms with Gasteiger partial charge in [0.2, 0.25) is 5.91 Å². The summed E-state index contributed by atoms with van der Waals surface area (Å²) in [5.41, 5.74) is 0. The summed E-state index contributed by atoms with van der Waals surface area (Å²) < 4.78 is 5.41. The van der Waals surface area contributed by atoms with Gasteiger partial charge in [-0.3, -0.25) is 4.79 Å². The Kier molecular flexibility index (Phi) is 5.26. The van der Waals surface area contributed by atoms with Crippen LogP contribution in [-0.2, 0) is 9.53 Å². The summed E-state index contributed by atoms with van der Waals surface area (Å²) in [6.07, 6.45) is 5.61. The van der Waals surface area contributed by atoms with Crippen LogP contribution in [0.15, 0.2) is 0 Å². The van der Waals surface area contributed by atoms with Gasteiger partial charge in [0.25, 0.3) is 0 Å². The molecule has 0 aromatic heterocycles. The van der Waals surface area contributed by atoms with Gasteiger partial charge < -0.3 is 9.64 Å². The third-order valence-corrected chi connectivity index (χ3v) is 5.20. The summed E-state index contributed by atoms with van der Waals surface area (Å²) in [7, 11) is 0. The highest BCUT2D eigenvalue weighted by atomic mass is 16.5. The first-order valence-corrected chi connectivity index (χ1v) is 8.05. The van der Waals surface area contributed by atoms with Gasteiger partial charge in [-0.15, -0.1) is 0 Å². The van der Waals surface area contributed by atoms with Gasteiger partial charge in [0.15, 0.2) is 0 Å². The number of ether oxygens (including phenoxy) is 1. The SMILES string of the molecule is CCC1C[C@@H](CC)N(C(=O)C(C)C2CCOCC2)C1. The lowest BCUT2D eigenvalue weighted by molar-refractivity contribution is -0.139. The van der Waals surface area contributed by atoms with Gasteiger partial charge in [-0.1, -0.05) is 27.2 Å². The average molecular weight is 267 g/mol. The second-order valence-electron chi connectivity index (χ2n) is 6.30. The number of carbonyl (C=O) groups excluding carboxylic acids is 1. The molecule has 2 aliphatic rings. The van der Waals surface area contributed by atoms with Crippen molar-refractivity contribution in [2.45, 2.75) is 58.9 Å². The predicted octanol–water partition coefficient (Wildman–Crippen LogP) is 3.09. The monoisotopic (exact) mass is 267 g/mol. The summed E-state index contributed by atoms with van der Waals surface area (Å²) in [4.78, 5) is 14.9. The summed E-state index contributed by atoms with van der Waals surface area (Å²) >= 11 is 0. The molecule has 0 aromatic rings. The van der Waals surface area contributed by atoms with Crippen LogP contribution in [0.3, 0.4) is 0 Å². The number of likely N-dealkylation sites (tertiary alicyclic amines) is 1. The van der Waals surface area contributed by atoms with E-state index < -0.39 is 0 Å². The lowest BCUT2D eigenvalue weighted by atomic mass is 9.86. The molecule has 2 saturated heterocycles. The van der Waals surface area contributed by atoms with Crippen molar-refractivity contribution in [3.8, 4) is 0 Å². The molecule has 2 rings (SSSR count). The fourth-order valence-corrected chi connectivity index (χ4v) is 3.65. The second kappa shape index (κ2) is 6.74. The fraction of sp³-hybridized carbons (Fsp3) is 0.938. The zero-order valence-electron chi connectivity index (χ0n) is 12.7. The number of amides is 1. The van der Waals surface area contributed by atoms with Gasteiger partial charge in [-0.2, -0.15) is 0 Å². The fourth-order valence-electron chi connectivity index (χ4n) is 3.65. The van der Waals surface area contributed by atoms with Crippen LogP contribution in [0, 0.1) is 17.8 Å². The second-order valence-corrected chi connectivity index (χ2v) is 6.30. The number of carbonyl (C=O) groups is 1. The van der Waals surface area contributed by atoms with Crippen LogP contribution in [0.25, 0.3) is 0 Å². The van der Waals surface area contributed by atoms with Gasteiger partial charge in [0.1, 0.15) is 0 Å². The van der Waals surface area contributed by atoms with Crippen LogP contribution in [0.2, 0.25) is 0 Å². The van der Waals surface area contributed by atoms with Crippen molar-refractivity contribution in [3.05, 3.63) is 0 Å². The van der Waals surface area contributed by atoms with E-state index in [1.54, 1.807) is 0 Å². The Balaban J connectivity index is 1.97. The molecule has 2 fully saturated rings. The van der Waals surface area contributed by atoms with Crippen LogP contribution in [0.5, 0.6) is 0 Å². The molecule has 19 heavy (non-hydrogen) atoms. The van der Waals surface area contributed by atoms with Crippen molar-refractivity contribution < 1.29 is 9.53 Å². The number of hydrogen-bond acceptors (Lipinski definition) is 2. The third kappa shape index (κ3) is 3.31. The number of rotatable bonds is 4. The molecule has 3 nitrogen and oxygen atoms in total. The molecule has 0 aliphatic carbocycles. The van der Waals surface area contributed by atoms with E-state index in [0.29, 0.717) is 17.9 Å². The quantitative estimate of drug-likeness (QED) is 0.783. The first kappa shape index (κ1) is 14.8. The molecule has 0 bridgehead atoms. The zero-order valence-corrected chi connectivity index (χ0v) is 12.7. The number of hydrogen-bond donors (Lipinski definition) is 0. The molecule has 2 aliphatic heterocycles. The summed E-state index contributed by atoms with van der Waals surface area (Å²) in [5.74, 6) is 1.82. The van der Waals surface area contributed by atoms with E-state index in [9.17, 15) is 4.79 Å². The van der Waals surface area contributed by atoms with Crippen molar-refractivity contribution in [3.63, 3.8) is 0 Å². The Hall–Kier alpha value is -0.570. The lowest BCUT2D eigenvalue weighted by Crippen LogP contribution is -2.42. The molecular weight excluding hydrogens is 238 g/mol. The molecule has 1 amide bonds. The van der Waals surface area contributed by atoms with Crippen LogP contribution in [0.1, 0.15) is 52.9 Å². The zero-order chi connectivity index (χ0) is 13.8. The van der Waals surface area contributed by atoms with E-state index in [-0.39, 0.29) is 5.92 Å². The van der Waals surface area contributed by atoms with E-state index in [4.69, 9.17) is 4.74 Å². The largest absolute Gasteiger partial charge is 0.381 e. The third-order valence-electron chi connectivity index (χ3n) is 5.20. The minimum absolute atomic E-state index is 0.175. The highest BCUT2D eigenvalue weighted by Crippen LogP contribution is 2.32. The Morgan fingerprint density at radius 3 is 2.53 bits per heavy atom. The van der Waals surface area contributed by atoms with Crippen molar-refractivity contribution in [2.24, 2.45) is 17.8 Å². The first-order valence-electron chi connectivity index (χ1n) is 8.05. The standard InChI is InChI=1S/C16H29NO2/c1-4-13-10-15(5-2)17(11-13)16(18)12(3)14-6-8-19-9-7-14/h12-15H,4-11H2,1-3H3/t12?,13?,15-/m1/s1. The highest BCUT2D eigenvalue weighted by molar-refractivity contribution is 5.79. The van der Waals surface area contributed by atoms with Crippen LogP contribution in [0.4, 0.5) is 0 Å². The minimum Gasteiger partial charge on any atom is -0.381 e. The Labute approximate surface area is 117 Å². The maximum Gasteiger partial charge on any atom is 0.225 e. The molecule has 3 heteroatoms. The molecule has 0 N–H and O–H groups in total. The molecular formula is C16H29NO2. The van der Waals surface area contributed by atoms with E-state index in [0.717, 1.165) is 44.9 Å². The molecule has 2 heterocycles. The Morgan fingerprint density at radius 1 is 1.26 bits per heavy atom. The normalized spacial score (nSPS) is 30.6. The van der Waals surface area contributed by atoms with Gasteiger partial charge in [-0.25, -0.2) is 0 Å². The van der Waals surface area contributed by atoms with E-state index in [1.807, 2.05) is 0 Å². The Bertz CT molecular complexity index is 299. The van der Waals surface area contributed by atoms with Crippen LogP contribution in [-0.4, -0.2) is 36.6 Å². The predicted molar refractivity (Wildman–Crippen MR) is 76.9 cm³/mol. The molecule has 110 valence electrons. The van der Waals surface area contributed by atoms with E-state index in [2.05, 4.69) is 25.7 Å². The molecule has 3 atom stereocenters. The molecule has 0 radical (unpaired) electrons. The lowest BCUT2D eigenvalue weighted by Gasteiger charge is -2.32. The first-order chi connectivity index (χ1) is 9.17. The molecule has 0 saturated carbocycles. The van der Waals surface area contributed by atoms with Gasteiger partial charge in [0, 0.05) is 31.7 Å². The molecule has 2 unspecified atom stereocenters. The van der Waals surface area contributed by atoms with Crippen LogP contribution < -0.4 is 0 Å². The average Bonchev–Trinajstić information content (AvgIpc) is 2.90. The van der Waals surface area contributed by atoms with Gasteiger partial charge >= 0.3 is 0 Å². The maximum atomic E-state index is 12.8. The van der Waals surface area contributed by atoms with Crippen molar-refractivity contribution in [1.29, 1.82) is 0 Å². The molecule has 0 spiro atoms. The Morgan fingerprint density at radius 2 is 1.95 bits per heavy atom. The van der Waals surface area contributed by atoms with Crippen molar-refractivity contribution in [2.75, 3.05) is 19.8 Å². The van der Waals surface area contributed by atoms with Gasteiger partial charge in [0.05, 0.1) is 0 Å². The van der Waals surface area contributed by atoms with Crippen molar-refractivity contribution in [1.82, 2.24) is 4.90 Å². The van der Waals surface area contributed by atoms with E-state index >= 15 is 0 Å². The summed E-state index contributed by atoms with van der Waals surface area (Å²) in [6.45, 7) is 9.23. The topological polar surface area (TPSA) is 29.5 Å². The summed E-state index contributed by atoms with van der Waals surface area (Å²) in [6, 6.07) is 0.486. The number of nitrogens with zero attached hydrogens (tertiary/aromatic N) is 1. The highest BCUT2D eigenvalue weighted by Gasteiger charge is 2.37. The van der Waals surface area contributed by atoms with Crippen LogP contribution >= 0.6 is 0 Å². The summed E-state index contributed by atoms with van der Waals surface area (Å²) in [5, 5.41) is 0. The smallest absolute Gasteiger partial charge is 0.225 e. The molecule has 0 aromatic carbocycles.